The second-order valence-corrected chi connectivity index (χ2v) is 7.19. The van der Waals surface area contributed by atoms with Crippen LogP contribution in [0.3, 0.4) is 0 Å². The molecule has 0 unspecified atom stereocenters. The minimum absolute atomic E-state index is 0.0239. The van der Waals surface area contributed by atoms with Crippen molar-refractivity contribution < 1.29 is 27.6 Å². The summed E-state index contributed by atoms with van der Waals surface area (Å²) < 4.78 is 49.2. The predicted molar refractivity (Wildman–Crippen MR) is 121 cm³/mol. The number of pyridine rings is 1. The molecule has 0 bridgehead atoms. The number of hydrogen-bond donors (Lipinski definition) is 1. The number of alkyl halides is 3. The maximum absolute atomic E-state index is 12.6. The highest BCUT2D eigenvalue weighted by Crippen LogP contribution is 2.37. The maximum Gasteiger partial charge on any atom is 0.417 e. The Hall–Kier alpha value is -3.86. The summed E-state index contributed by atoms with van der Waals surface area (Å²) in [6, 6.07) is 11.2. The molecule has 3 rings (SSSR count). The number of ether oxygens (including phenoxy) is 2. The monoisotopic (exact) mass is 494 g/mol. The summed E-state index contributed by atoms with van der Waals surface area (Å²) in [5.41, 5.74) is 2.72. The molecule has 34 heavy (non-hydrogen) atoms. The van der Waals surface area contributed by atoms with Crippen LogP contribution in [-0.2, 0) is 12.8 Å². The van der Waals surface area contributed by atoms with Crippen LogP contribution in [0.1, 0.15) is 23.6 Å². The van der Waals surface area contributed by atoms with Crippen LogP contribution in [0, 0.1) is 10.1 Å². The van der Waals surface area contributed by atoms with Crippen LogP contribution in [0.5, 0.6) is 11.5 Å². The average molecular weight is 495 g/mol. The molecule has 0 aliphatic carbocycles. The lowest BCUT2D eigenvalue weighted by atomic mass is 10.2. The summed E-state index contributed by atoms with van der Waals surface area (Å²) in [7, 11) is 0. The first-order chi connectivity index (χ1) is 16.2. The number of hydrazone groups is 1. The van der Waals surface area contributed by atoms with Gasteiger partial charge in [0.15, 0.2) is 11.5 Å². The molecule has 2 aromatic carbocycles. The second kappa shape index (κ2) is 10.8. The number of benzene rings is 2. The highest BCUT2D eigenvalue weighted by atomic mass is 35.5. The minimum atomic E-state index is -4.47. The zero-order chi connectivity index (χ0) is 24.7. The summed E-state index contributed by atoms with van der Waals surface area (Å²) in [6.07, 6.45) is -2.38. The van der Waals surface area contributed by atoms with Gasteiger partial charge in [-0.2, -0.15) is 18.3 Å². The summed E-state index contributed by atoms with van der Waals surface area (Å²) in [6.45, 7) is 2.12. The Kier molecular flexibility index (Phi) is 7.90. The smallest absolute Gasteiger partial charge is 0.417 e. The van der Waals surface area contributed by atoms with Gasteiger partial charge in [-0.05, 0) is 42.3 Å². The largest absolute Gasteiger partial charge is 0.490 e. The van der Waals surface area contributed by atoms with Crippen molar-refractivity contribution in [2.24, 2.45) is 5.10 Å². The molecular formula is C22H18ClF3N4O4. The van der Waals surface area contributed by atoms with E-state index >= 15 is 0 Å². The van der Waals surface area contributed by atoms with E-state index in [1.54, 1.807) is 31.2 Å². The first kappa shape index (κ1) is 24.8. The Morgan fingerprint density at radius 1 is 1.21 bits per heavy atom. The van der Waals surface area contributed by atoms with Gasteiger partial charge in [0.2, 0.25) is 0 Å². The van der Waals surface area contributed by atoms with Gasteiger partial charge in [-0.15, -0.1) is 0 Å². The van der Waals surface area contributed by atoms with Gasteiger partial charge in [-0.25, -0.2) is 4.98 Å². The summed E-state index contributed by atoms with van der Waals surface area (Å²) in [5.74, 6) is 0.705. The van der Waals surface area contributed by atoms with Crippen LogP contribution >= 0.6 is 11.6 Å². The lowest BCUT2D eigenvalue weighted by Gasteiger charge is -2.14. The molecule has 8 nitrogen and oxygen atoms in total. The van der Waals surface area contributed by atoms with Crippen molar-refractivity contribution in [1.82, 2.24) is 4.98 Å². The van der Waals surface area contributed by atoms with Crippen molar-refractivity contribution in [3.8, 4) is 11.5 Å². The van der Waals surface area contributed by atoms with Crippen molar-refractivity contribution in [2.45, 2.75) is 19.7 Å². The fraction of sp³-hybridized carbons (Fsp3) is 0.182. The number of nitro groups is 1. The Bertz CT molecular complexity index is 1190. The van der Waals surface area contributed by atoms with Gasteiger partial charge in [0.1, 0.15) is 12.4 Å². The third-order valence-electron chi connectivity index (χ3n) is 4.32. The van der Waals surface area contributed by atoms with Crippen LogP contribution in [0.15, 0.2) is 59.8 Å². The van der Waals surface area contributed by atoms with Crippen LogP contribution in [-0.4, -0.2) is 22.7 Å². The van der Waals surface area contributed by atoms with E-state index in [0.717, 1.165) is 12.1 Å². The quantitative estimate of drug-likeness (QED) is 0.220. The average Bonchev–Trinajstić information content (AvgIpc) is 2.79. The Morgan fingerprint density at radius 2 is 2.00 bits per heavy atom. The highest BCUT2D eigenvalue weighted by Gasteiger charge is 2.30. The fourth-order valence-corrected chi connectivity index (χ4v) is 3.06. The molecule has 0 saturated heterocycles. The highest BCUT2D eigenvalue weighted by molar-refractivity contribution is 6.32. The number of nitro benzene ring substituents is 1. The predicted octanol–water partition coefficient (Wildman–Crippen LogP) is 6.09. The maximum atomic E-state index is 12.6. The molecule has 1 aromatic heterocycles. The van der Waals surface area contributed by atoms with Crippen LogP contribution in [0.2, 0.25) is 5.02 Å². The zero-order valence-electron chi connectivity index (χ0n) is 17.7. The zero-order valence-corrected chi connectivity index (χ0v) is 18.4. The molecule has 178 valence electrons. The van der Waals surface area contributed by atoms with Gasteiger partial charge in [0.05, 0.1) is 28.3 Å². The summed E-state index contributed by atoms with van der Waals surface area (Å²) >= 11 is 6.36. The molecule has 1 heterocycles. The van der Waals surface area contributed by atoms with Crippen molar-refractivity contribution >= 4 is 29.3 Å². The SMILES string of the molecule is CCOc1cc(/C=N\Nc2ccc(C(F)(F)F)cn2)cc(Cl)c1OCc1cccc([N+](=O)[O-])c1. The van der Waals surface area contributed by atoms with E-state index in [4.69, 9.17) is 21.1 Å². The molecule has 1 N–H and O–H groups in total. The fourth-order valence-electron chi connectivity index (χ4n) is 2.78. The molecule has 0 atom stereocenters. The van der Waals surface area contributed by atoms with Gasteiger partial charge in [-0.1, -0.05) is 23.7 Å². The van der Waals surface area contributed by atoms with E-state index < -0.39 is 16.7 Å². The normalized spacial score (nSPS) is 11.4. The first-order valence-corrected chi connectivity index (χ1v) is 10.2. The van der Waals surface area contributed by atoms with Crippen LogP contribution in [0.25, 0.3) is 0 Å². The van der Waals surface area contributed by atoms with Gasteiger partial charge in [-0.3, -0.25) is 15.5 Å². The summed E-state index contributed by atoms with van der Waals surface area (Å²) in [5, 5.41) is 15.1. The van der Waals surface area contributed by atoms with Crippen molar-refractivity contribution in [2.75, 3.05) is 12.0 Å². The second-order valence-electron chi connectivity index (χ2n) is 6.78. The standard InChI is InChI=1S/C22H18ClF3N4O4/c1-2-33-19-10-15(11-28-29-20-7-6-16(12-27-20)22(24,25)26)9-18(23)21(19)34-13-14-4-3-5-17(8-14)30(31)32/h3-12H,2,13H2,1H3,(H,27,29)/b28-11-. The molecule has 3 aromatic rings. The van der Waals surface area contributed by atoms with Crippen molar-refractivity contribution in [3.05, 3.63) is 86.6 Å². The molecule has 0 amide bonds. The van der Waals surface area contributed by atoms with Crippen molar-refractivity contribution in [3.63, 3.8) is 0 Å². The number of non-ortho nitro benzene ring substituents is 1. The number of hydrogen-bond acceptors (Lipinski definition) is 7. The van der Waals surface area contributed by atoms with Crippen LogP contribution in [0.4, 0.5) is 24.7 Å². The molecule has 0 aliphatic rings. The lowest BCUT2D eigenvalue weighted by Crippen LogP contribution is -2.05. The number of rotatable bonds is 9. The van der Waals surface area contributed by atoms with Crippen molar-refractivity contribution in [1.29, 1.82) is 0 Å². The number of nitrogens with one attached hydrogen (secondary N) is 1. The molecule has 0 aliphatic heterocycles. The van der Waals surface area contributed by atoms with Gasteiger partial charge < -0.3 is 9.47 Å². The Labute approximate surface area is 197 Å². The van der Waals surface area contributed by atoms with Gasteiger partial charge >= 0.3 is 6.18 Å². The van der Waals surface area contributed by atoms with E-state index in [1.807, 2.05) is 0 Å². The minimum Gasteiger partial charge on any atom is -0.490 e. The summed E-state index contributed by atoms with van der Waals surface area (Å²) in [4.78, 5) is 14.1. The molecule has 12 heteroatoms. The van der Waals surface area contributed by atoms with E-state index in [9.17, 15) is 23.3 Å². The number of anilines is 1. The van der Waals surface area contributed by atoms with E-state index in [2.05, 4.69) is 15.5 Å². The molecule has 0 fully saturated rings. The Morgan fingerprint density at radius 3 is 2.65 bits per heavy atom. The third-order valence-corrected chi connectivity index (χ3v) is 4.60. The van der Waals surface area contributed by atoms with Gasteiger partial charge in [0.25, 0.3) is 5.69 Å². The first-order valence-electron chi connectivity index (χ1n) is 9.82. The van der Waals surface area contributed by atoms with E-state index in [0.29, 0.717) is 29.7 Å². The van der Waals surface area contributed by atoms with E-state index in [1.165, 1.54) is 18.3 Å². The number of aromatic nitrogens is 1. The molecule has 0 spiro atoms. The third kappa shape index (κ3) is 6.58. The topological polar surface area (TPSA) is 98.9 Å². The lowest BCUT2D eigenvalue weighted by molar-refractivity contribution is -0.384. The van der Waals surface area contributed by atoms with Crippen LogP contribution < -0.4 is 14.9 Å². The molecule has 0 radical (unpaired) electrons. The molecule has 0 saturated carbocycles. The number of halogens is 4. The Balaban J connectivity index is 1.72. The van der Waals surface area contributed by atoms with E-state index in [-0.39, 0.29) is 28.9 Å². The van der Waals surface area contributed by atoms with Gasteiger partial charge in [0, 0.05) is 18.3 Å². The number of nitrogens with zero attached hydrogens (tertiary/aromatic N) is 3. The molecular weight excluding hydrogens is 477 g/mol.